The number of rotatable bonds is 4. The molecule has 1 aliphatic rings. The molecule has 1 aliphatic heterocycles. The van der Waals surface area contributed by atoms with Gasteiger partial charge in [0, 0.05) is 17.2 Å². The number of carbonyl (C=O) groups excluding carboxylic acids is 1. The summed E-state index contributed by atoms with van der Waals surface area (Å²) in [6.07, 6.45) is 0. The van der Waals surface area contributed by atoms with Gasteiger partial charge in [0.25, 0.3) is 0 Å². The number of carbonyl (C=O) groups is 1. The molecule has 0 fully saturated rings. The Morgan fingerprint density at radius 3 is 2.46 bits per heavy atom. The molecule has 0 aliphatic carbocycles. The first-order chi connectivity index (χ1) is 12.5. The average molecular weight is 372 g/mol. The largest absolute Gasteiger partial charge is 0.486 e. The van der Waals surface area contributed by atoms with Crippen LogP contribution in [-0.4, -0.2) is 34.1 Å². The third-order valence-corrected chi connectivity index (χ3v) is 4.98. The van der Waals surface area contributed by atoms with Gasteiger partial charge in [0.05, 0.1) is 11.4 Å². The van der Waals surface area contributed by atoms with Gasteiger partial charge in [-0.05, 0) is 36.4 Å². The lowest BCUT2D eigenvalue weighted by Gasteiger charge is -2.18. The fraction of sp³-hybridized carbons (Fsp3) is 0.167. The number of sulfonamides is 1. The number of hydrogen-bond donors (Lipinski definition) is 2. The van der Waals surface area contributed by atoms with E-state index in [0.29, 0.717) is 35.8 Å². The highest BCUT2D eigenvalue weighted by molar-refractivity contribution is 7.89. The number of benzene rings is 2. The van der Waals surface area contributed by atoms with Crippen LogP contribution in [0.1, 0.15) is 15.9 Å². The van der Waals surface area contributed by atoms with Crippen molar-refractivity contribution in [3.63, 3.8) is 0 Å². The molecule has 0 bridgehead atoms. The Balaban J connectivity index is 1.65. The van der Waals surface area contributed by atoms with E-state index in [9.17, 15) is 13.2 Å². The summed E-state index contributed by atoms with van der Waals surface area (Å²) in [7, 11) is -3.72. The van der Waals surface area contributed by atoms with Gasteiger partial charge in [-0.1, -0.05) is 11.8 Å². The van der Waals surface area contributed by atoms with E-state index in [4.69, 9.17) is 15.2 Å². The van der Waals surface area contributed by atoms with E-state index in [0.717, 1.165) is 0 Å². The van der Waals surface area contributed by atoms with Crippen molar-refractivity contribution in [3.8, 4) is 23.3 Å². The second-order valence-electron chi connectivity index (χ2n) is 5.37. The lowest BCUT2D eigenvalue weighted by atomic mass is 10.1. The Bertz CT molecular complexity index is 988. The Morgan fingerprint density at radius 2 is 1.77 bits per heavy atom. The van der Waals surface area contributed by atoms with Gasteiger partial charge in [-0.15, -0.1) is 0 Å². The first-order valence-electron chi connectivity index (χ1n) is 7.74. The van der Waals surface area contributed by atoms with Crippen LogP contribution in [0.25, 0.3) is 0 Å². The summed E-state index contributed by atoms with van der Waals surface area (Å²) in [5, 5.41) is 0. The van der Waals surface area contributed by atoms with Crippen molar-refractivity contribution < 1.29 is 22.7 Å². The van der Waals surface area contributed by atoms with E-state index >= 15 is 0 Å². The molecule has 7 nitrogen and oxygen atoms in total. The molecular formula is C18H16N2O5S. The highest BCUT2D eigenvalue weighted by Gasteiger charge is 2.18. The maximum absolute atomic E-state index is 12.3. The van der Waals surface area contributed by atoms with E-state index in [-0.39, 0.29) is 11.4 Å². The number of nitrogens with one attached hydrogen (secondary N) is 1. The van der Waals surface area contributed by atoms with Crippen LogP contribution < -0.4 is 19.9 Å². The van der Waals surface area contributed by atoms with Gasteiger partial charge in [0.1, 0.15) is 13.2 Å². The second-order valence-corrected chi connectivity index (χ2v) is 7.14. The van der Waals surface area contributed by atoms with Crippen LogP contribution in [0.5, 0.6) is 11.5 Å². The van der Waals surface area contributed by atoms with E-state index in [1.165, 1.54) is 12.1 Å². The van der Waals surface area contributed by atoms with E-state index in [1.807, 2.05) is 0 Å². The molecule has 8 heteroatoms. The van der Waals surface area contributed by atoms with Crippen molar-refractivity contribution in [1.82, 2.24) is 4.72 Å². The van der Waals surface area contributed by atoms with Crippen LogP contribution in [0.2, 0.25) is 0 Å². The molecule has 0 radical (unpaired) electrons. The van der Waals surface area contributed by atoms with Crippen molar-refractivity contribution in [2.75, 3.05) is 19.8 Å². The number of primary amides is 1. The predicted octanol–water partition coefficient (Wildman–Crippen LogP) is 0.887. The van der Waals surface area contributed by atoms with Crippen molar-refractivity contribution >= 4 is 15.9 Å². The van der Waals surface area contributed by atoms with Crippen LogP contribution in [0.3, 0.4) is 0 Å². The van der Waals surface area contributed by atoms with Gasteiger partial charge in [0.2, 0.25) is 15.9 Å². The summed E-state index contributed by atoms with van der Waals surface area (Å²) in [5.74, 6) is 5.95. The molecular weight excluding hydrogens is 356 g/mol. The van der Waals surface area contributed by atoms with Gasteiger partial charge in [0.15, 0.2) is 11.5 Å². The van der Waals surface area contributed by atoms with Gasteiger partial charge in [-0.25, -0.2) is 8.42 Å². The highest BCUT2D eigenvalue weighted by Crippen LogP contribution is 2.32. The first kappa shape index (κ1) is 17.8. The summed E-state index contributed by atoms with van der Waals surface area (Å²) in [6.45, 7) is 0.756. The molecule has 0 saturated carbocycles. The molecule has 3 N–H and O–H groups in total. The minimum atomic E-state index is -3.72. The Kier molecular flexibility index (Phi) is 5.11. The zero-order chi connectivity index (χ0) is 18.6. The third-order valence-electron chi connectivity index (χ3n) is 3.58. The molecule has 2 aromatic carbocycles. The number of fused-ring (bicyclic) bond motifs is 1. The quantitative estimate of drug-likeness (QED) is 0.775. The van der Waals surface area contributed by atoms with E-state index in [2.05, 4.69) is 16.6 Å². The monoisotopic (exact) mass is 372 g/mol. The van der Waals surface area contributed by atoms with Crippen molar-refractivity contribution in [3.05, 3.63) is 53.6 Å². The Morgan fingerprint density at radius 1 is 1.08 bits per heavy atom. The maximum Gasteiger partial charge on any atom is 0.248 e. The molecule has 0 unspecified atom stereocenters. The first-order valence-corrected chi connectivity index (χ1v) is 9.22. The molecule has 1 amide bonds. The number of nitrogens with two attached hydrogens (primary N) is 1. The van der Waals surface area contributed by atoms with Crippen molar-refractivity contribution in [2.24, 2.45) is 5.73 Å². The summed E-state index contributed by atoms with van der Waals surface area (Å²) in [5.41, 5.74) is 6.19. The average Bonchev–Trinajstić information content (AvgIpc) is 2.65. The molecule has 0 aromatic heterocycles. The molecule has 0 atom stereocenters. The zero-order valence-corrected chi connectivity index (χ0v) is 14.5. The number of hydrogen-bond acceptors (Lipinski definition) is 5. The van der Waals surface area contributed by atoms with E-state index in [1.54, 1.807) is 30.3 Å². The van der Waals surface area contributed by atoms with Crippen LogP contribution in [0.15, 0.2) is 47.4 Å². The van der Waals surface area contributed by atoms with Crippen LogP contribution in [0.4, 0.5) is 0 Å². The molecule has 0 saturated heterocycles. The van der Waals surface area contributed by atoms with Gasteiger partial charge in [-0.2, -0.15) is 4.72 Å². The lowest BCUT2D eigenvalue weighted by molar-refractivity contribution is 0.100. The van der Waals surface area contributed by atoms with Gasteiger partial charge < -0.3 is 15.2 Å². The normalized spacial score (nSPS) is 12.8. The summed E-state index contributed by atoms with van der Waals surface area (Å²) >= 11 is 0. The second kappa shape index (κ2) is 7.47. The molecule has 2 aromatic rings. The Labute approximate surface area is 151 Å². The van der Waals surface area contributed by atoms with Crippen LogP contribution >= 0.6 is 0 Å². The summed E-state index contributed by atoms with van der Waals surface area (Å²) in [4.78, 5) is 11.1. The van der Waals surface area contributed by atoms with Gasteiger partial charge in [-0.3, -0.25) is 4.79 Å². The summed E-state index contributed by atoms with van der Waals surface area (Å²) < 4.78 is 37.8. The molecule has 0 spiro atoms. The Hall–Kier alpha value is -3.02. The predicted molar refractivity (Wildman–Crippen MR) is 94.5 cm³/mol. The number of amides is 1. The lowest BCUT2D eigenvalue weighted by Crippen LogP contribution is -2.24. The van der Waals surface area contributed by atoms with Crippen molar-refractivity contribution in [1.29, 1.82) is 0 Å². The maximum atomic E-state index is 12.3. The highest BCUT2D eigenvalue weighted by atomic mass is 32.2. The molecule has 26 heavy (non-hydrogen) atoms. The standard InChI is InChI=1S/C18H16N2O5S/c19-18(21)14-5-3-13(4-6-14)2-1-9-20-26(22,23)15-7-8-16-17(12-15)25-11-10-24-16/h3-8,12,20H,9-11H2,(H2,19,21). The zero-order valence-electron chi connectivity index (χ0n) is 13.7. The van der Waals surface area contributed by atoms with Gasteiger partial charge >= 0.3 is 0 Å². The summed E-state index contributed by atoms with van der Waals surface area (Å²) in [6, 6.07) is 10.8. The molecule has 1 heterocycles. The molecule has 3 rings (SSSR count). The minimum Gasteiger partial charge on any atom is -0.486 e. The number of ether oxygens (including phenoxy) is 2. The van der Waals surface area contributed by atoms with Crippen molar-refractivity contribution in [2.45, 2.75) is 4.90 Å². The minimum absolute atomic E-state index is 0.0612. The fourth-order valence-corrected chi connectivity index (χ4v) is 3.21. The van der Waals surface area contributed by atoms with E-state index < -0.39 is 15.9 Å². The fourth-order valence-electron chi connectivity index (χ4n) is 2.27. The molecule has 134 valence electrons. The topological polar surface area (TPSA) is 108 Å². The smallest absolute Gasteiger partial charge is 0.248 e. The third kappa shape index (κ3) is 4.14. The SMILES string of the molecule is NC(=O)c1ccc(C#CCNS(=O)(=O)c2ccc3c(c2)OCCO3)cc1. The van der Waals surface area contributed by atoms with Crippen LogP contribution in [0, 0.1) is 11.8 Å². The van der Waals surface area contributed by atoms with Crippen LogP contribution in [-0.2, 0) is 10.0 Å².